The van der Waals surface area contributed by atoms with Crippen LogP contribution in [0.1, 0.15) is 39.2 Å². The van der Waals surface area contributed by atoms with Crippen LogP contribution in [0.25, 0.3) is 0 Å². The van der Waals surface area contributed by atoms with Gasteiger partial charge < -0.3 is 15.4 Å². The monoisotopic (exact) mass is 294 g/mol. The first-order valence-corrected chi connectivity index (χ1v) is 7.25. The van der Waals surface area contributed by atoms with Crippen LogP contribution < -0.4 is 10.6 Å². The molecule has 1 aliphatic rings. The lowest BCUT2D eigenvalue weighted by Gasteiger charge is -2.37. The van der Waals surface area contributed by atoms with Crippen molar-refractivity contribution in [2.75, 3.05) is 5.32 Å². The van der Waals surface area contributed by atoms with E-state index in [9.17, 15) is 9.18 Å². The average molecular weight is 294 g/mol. The molecule has 5 heteroatoms. The van der Waals surface area contributed by atoms with Crippen LogP contribution in [0.2, 0.25) is 0 Å². The van der Waals surface area contributed by atoms with Crippen molar-refractivity contribution in [3.05, 3.63) is 29.6 Å². The number of nitrogens with one attached hydrogen (secondary N) is 2. The topological polar surface area (TPSA) is 50.4 Å². The van der Waals surface area contributed by atoms with Crippen LogP contribution in [-0.2, 0) is 4.74 Å². The third-order valence-electron chi connectivity index (χ3n) is 3.41. The summed E-state index contributed by atoms with van der Waals surface area (Å²) in [5.74, 6) is -0.226. The molecule has 1 aromatic rings. The Morgan fingerprint density at radius 1 is 1.29 bits per heavy atom. The lowest BCUT2D eigenvalue weighted by atomic mass is 9.86. The Balaban J connectivity index is 1.75. The SMILES string of the molecule is Cc1cc(F)ccc1NC1CC(NC(=O)OC(C)(C)C)C1. The van der Waals surface area contributed by atoms with Gasteiger partial charge in [-0.2, -0.15) is 0 Å². The van der Waals surface area contributed by atoms with E-state index in [1.54, 1.807) is 6.07 Å². The highest BCUT2D eigenvalue weighted by atomic mass is 19.1. The summed E-state index contributed by atoms with van der Waals surface area (Å²) in [5.41, 5.74) is 1.35. The molecule has 0 heterocycles. The first-order chi connectivity index (χ1) is 9.73. The van der Waals surface area contributed by atoms with Crippen molar-refractivity contribution in [3.63, 3.8) is 0 Å². The van der Waals surface area contributed by atoms with Crippen LogP contribution in [0, 0.1) is 12.7 Å². The molecule has 0 atom stereocenters. The number of carbonyl (C=O) groups is 1. The maximum atomic E-state index is 13.0. The molecule has 0 bridgehead atoms. The Morgan fingerprint density at radius 2 is 1.95 bits per heavy atom. The van der Waals surface area contributed by atoms with E-state index >= 15 is 0 Å². The summed E-state index contributed by atoms with van der Waals surface area (Å²) in [6.07, 6.45) is 1.32. The first kappa shape index (κ1) is 15.6. The quantitative estimate of drug-likeness (QED) is 0.895. The van der Waals surface area contributed by atoms with Crippen molar-refractivity contribution in [3.8, 4) is 0 Å². The minimum Gasteiger partial charge on any atom is -0.444 e. The number of aryl methyl sites for hydroxylation is 1. The molecule has 2 rings (SSSR count). The fourth-order valence-corrected chi connectivity index (χ4v) is 2.34. The normalized spacial score (nSPS) is 21.4. The van der Waals surface area contributed by atoms with Crippen LogP contribution in [-0.4, -0.2) is 23.8 Å². The molecule has 21 heavy (non-hydrogen) atoms. The number of carbonyl (C=O) groups excluding carboxylic acids is 1. The number of hydrogen-bond donors (Lipinski definition) is 2. The summed E-state index contributed by atoms with van der Waals surface area (Å²) in [6, 6.07) is 5.15. The van der Waals surface area contributed by atoms with Crippen molar-refractivity contribution in [1.82, 2.24) is 5.32 Å². The number of ether oxygens (including phenoxy) is 1. The second-order valence-electron chi connectivity index (χ2n) is 6.62. The van der Waals surface area contributed by atoms with Gasteiger partial charge in [0, 0.05) is 17.8 Å². The van der Waals surface area contributed by atoms with Gasteiger partial charge in [-0.3, -0.25) is 0 Å². The van der Waals surface area contributed by atoms with E-state index in [1.807, 2.05) is 27.7 Å². The van der Waals surface area contributed by atoms with E-state index in [0.29, 0.717) is 6.04 Å². The maximum Gasteiger partial charge on any atom is 0.407 e. The van der Waals surface area contributed by atoms with Crippen LogP contribution in [0.5, 0.6) is 0 Å². The third kappa shape index (κ3) is 4.62. The molecule has 1 saturated carbocycles. The second-order valence-corrected chi connectivity index (χ2v) is 6.62. The molecular weight excluding hydrogens is 271 g/mol. The van der Waals surface area contributed by atoms with E-state index in [-0.39, 0.29) is 18.0 Å². The summed E-state index contributed by atoms with van der Waals surface area (Å²) >= 11 is 0. The summed E-state index contributed by atoms with van der Waals surface area (Å²) in [7, 11) is 0. The zero-order valence-corrected chi connectivity index (χ0v) is 13.0. The van der Waals surface area contributed by atoms with Crippen LogP contribution in [0.15, 0.2) is 18.2 Å². The smallest absolute Gasteiger partial charge is 0.407 e. The van der Waals surface area contributed by atoms with Crippen molar-refractivity contribution >= 4 is 11.8 Å². The molecule has 0 aliphatic heterocycles. The summed E-state index contributed by atoms with van der Waals surface area (Å²) in [4.78, 5) is 11.6. The fraction of sp³-hybridized carbons (Fsp3) is 0.562. The maximum absolute atomic E-state index is 13.0. The van der Waals surface area contributed by atoms with Gasteiger partial charge in [-0.1, -0.05) is 0 Å². The van der Waals surface area contributed by atoms with Gasteiger partial charge in [0.1, 0.15) is 11.4 Å². The number of rotatable bonds is 3. The zero-order chi connectivity index (χ0) is 15.6. The molecule has 2 N–H and O–H groups in total. The van der Waals surface area contributed by atoms with Crippen LogP contribution in [0.4, 0.5) is 14.9 Å². The lowest BCUT2D eigenvalue weighted by molar-refractivity contribution is 0.0475. The molecule has 0 radical (unpaired) electrons. The van der Waals surface area contributed by atoms with E-state index in [2.05, 4.69) is 10.6 Å². The molecular formula is C16H23FN2O2. The molecule has 4 nitrogen and oxygen atoms in total. The second kappa shape index (κ2) is 5.92. The molecule has 1 fully saturated rings. The minimum atomic E-state index is -0.475. The summed E-state index contributed by atoms with van der Waals surface area (Å²) in [5, 5.41) is 6.22. The molecule has 0 unspecified atom stereocenters. The van der Waals surface area contributed by atoms with Gasteiger partial charge in [-0.25, -0.2) is 9.18 Å². The average Bonchev–Trinajstić information content (AvgIpc) is 2.26. The van der Waals surface area contributed by atoms with E-state index in [0.717, 1.165) is 24.1 Å². The Kier molecular flexibility index (Phi) is 4.40. The van der Waals surface area contributed by atoms with Gasteiger partial charge in [-0.05, 0) is 64.3 Å². The van der Waals surface area contributed by atoms with E-state index in [4.69, 9.17) is 4.74 Å². The number of amides is 1. The number of hydrogen-bond acceptors (Lipinski definition) is 3. The standard InChI is InChI=1S/C16H23FN2O2/c1-10-7-11(17)5-6-14(10)18-12-8-13(9-12)19-15(20)21-16(2,3)4/h5-7,12-13,18H,8-9H2,1-4H3,(H,19,20). The van der Waals surface area contributed by atoms with Crippen molar-refractivity contribution < 1.29 is 13.9 Å². The predicted molar refractivity (Wildman–Crippen MR) is 80.9 cm³/mol. The first-order valence-electron chi connectivity index (χ1n) is 7.25. The zero-order valence-electron chi connectivity index (χ0n) is 13.0. The lowest BCUT2D eigenvalue weighted by Crippen LogP contribution is -2.50. The Morgan fingerprint density at radius 3 is 2.52 bits per heavy atom. The predicted octanol–water partition coefficient (Wildman–Crippen LogP) is 3.60. The van der Waals surface area contributed by atoms with Gasteiger partial charge >= 0.3 is 6.09 Å². The highest BCUT2D eigenvalue weighted by Gasteiger charge is 2.31. The molecule has 0 aromatic heterocycles. The highest BCUT2D eigenvalue weighted by Crippen LogP contribution is 2.26. The Hall–Kier alpha value is -1.78. The molecule has 0 saturated heterocycles. The van der Waals surface area contributed by atoms with Crippen molar-refractivity contribution in [1.29, 1.82) is 0 Å². The number of benzene rings is 1. The van der Waals surface area contributed by atoms with E-state index < -0.39 is 5.60 Å². The number of anilines is 1. The van der Waals surface area contributed by atoms with Crippen molar-refractivity contribution in [2.45, 2.75) is 58.2 Å². The molecule has 116 valence electrons. The van der Waals surface area contributed by atoms with Crippen molar-refractivity contribution in [2.24, 2.45) is 0 Å². The Bertz CT molecular complexity index is 519. The van der Waals surface area contributed by atoms with Gasteiger partial charge in [0.15, 0.2) is 0 Å². The van der Waals surface area contributed by atoms with Gasteiger partial charge in [0.05, 0.1) is 0 Å². The Labute approximate surface area is 125 Å². The number of alkyl carbamates (subject to hydrolysis) is 1. The largest absolute Gasteiger partial charge is 0.444 e. The molecule has 1 aromatic carbocycles. The third-order valence-corrected chi connectivity index (χ3v) is 3.41. The van der Waals surface area contributed by atoms with Gasteiger partial charge in [0.25, 0.3) is 0 Å². The van der Waals surface area contributed by atoms with E-state index in [1.165, 1.54) is 12.1 Å². The molecule has 1 amide bonds. The minimum absolute atomic E-state index is 0.137. The summed E-state index contributed by atoms with van der Waals surface area (Å²) < 4.78 is 18.3. The van der Waals surface area contributed by atoms with Crippen LogP contribution in [0.3, 0.4) is 0 Å². The van der Waals surface area contributed by atoms with Gasteiger partial charge in [-0.15, -0.1) is 0 Å². The van der Waals surface area contributed by atoms with Gasteiger partial charge in [0.2, 0.25) is 0 Å². The molecule has 0 spiro atoms. The summed E-state index contributed by atoms with van der Waals surface area (Å²) in [6.45, 7) is 7.40. The number of halogens is 1. The highest BCUT2D eigenvalue weighted by molar-refractivity contribution is 5.68. The van der Waals surface area contributed by atoms with Crippen LogP contribution >= 0.6 is 0 Å². The fourth-order valence-electron chi connectivity index (χ4n) is 2.34. The molecule has 1 aliphatic carbocycles.